The van der Waals surface area contributed by atoms with Crippen LogP contribution in [-0.2, 0) is 0 Å². The highest BCUT2D eigenvalue weighted by Crippen LogP contribution is 2.29. The highest BCUT2D eigenvalue weighted by molar-refractivity contribution is 5.42. The molecule has 1 aromatic carbocycles. The summed E-state index contributed by atoms with van der Waals surface area (Å²) in [6.45, 7) is 0. The van der Waals surface area contributed by atoms with Crippen LogP contribution in [0.1, 0.15) is 0 Å². The van der Waals surface area contributed by atoms with Gasteiger partial charge in [0.1, 0.15) is 12.1 Å². The minimum atomic E-state index is -1.22. The Hall–Kier alpha value is -2.88. The van der Waals surface area contributed by atoms with Gasteiger partial charge in [-0.15, -0.1) is 0 Å². The molecule has 20 heavy (non-hydrogen) atoms. The topological polar surface area (TPSA) is 116 Å². The van der Waals surface area contributed by atoms with E-state index >= 15 is 0 Å². The summed E-state index contributed by atoms with van der Waals surface area (Å²) in [7, 11) is 0. The first-order valence-electron chi connectivity index (χ1n) is 5.11. The lowest BCUT2D eigenvalue weighted by atomic mass is 10.3. The first kappa shape index (κ1) is 13.5. The molecule has 1 aromatic heterocycles. The molecule has 0 atom stereocenters. The van der Waals surface area contributed by atoms with Crippen molar-refractivity contribution >= 4 is 11.5 Å². The van der Waals surface area contributed by atoms with Crippen LogP contribution in [0, 0.1) is 21.7 Å². The van der Waals surface area contributed by atoms with Crippen LogP contribution in [0.2, 0.25) is 0 Å². The SMILES string of the molecule is NNc1cc(Oc2cc(F)c([N+](=O)[O-])cc2F)ncn1. The summed E-state index contributed by atoms with van der Waals surface area (Å²) in [5.74, 6) is 2.33. The average molecular weight is 283 g/mol. The van der Waals surface area contributed by atoms with E-state index in [2.05, 4.69) is 15.4 Å². The lowest BCUT2D eigenvalue weighted by Crippen LogP contribution is -2.08. The molecule has 0 fully saturated rings. The highest BCUT2D eigenvalue weighted by atomic mass is 19.1. The molecule has 2 rings (SSSR count). The Morgan fingerprint density at radius 2 is 2.00 bits per heavy atom. The Bertz CT molecular complexity index is 667. The van der Waals surface area contributed by atoms with Crippen molar-refractivity contribution < 1.29 is 18.4 Å². The smallest absolute Gasteiger partial charge is 0.307 e. The number of aromatic nitrogens is 2. The molecule has 0 aliphatic carbocycles. The second-order valence-corrected chi connectivity index (χ2v) is 3.48. The minimum Gasteiger partial charge on any atom is -0.436 e. The van der Waals surface area contributed by atoms with Gasteiger partial charge in [-0.1, -0.05) is 0 Å². The molecule has 0 amide bonds. The number of nitro benzene ring substituents is 1. The number of hydrogen-bond acceptors (Lipinski definition) is 7. The fraction of sp³-hybridized carbons (Fsp3) is 0. The third-order valence-corrected chi connectivity index (χ3v) is 2.20. The van der Waals surface area contributed by atoms with Crippen LogP contribution in [0.5, 0.6) is 11.6 Å². The maximum absolute atomic E-state index is 13.6. The molecule has 0 saturated carbocycles. The number of nitrogens with one attached hydrogen (secondary N) is 1. The van der Waals surface area contributed by atoms with Gasteiger partial charge in [-0.25, -0.2) is 20.2 Å². The number of nitrogens with zero attached hydrogens (tertiary/aromatic N) is 3. The van der Waals surface area contributed by atoms with Gasteiger partial charge >= 0.3 is 5.69 Å². The molecule has 104 valence electrons. The van der Waals surface area contributed by atoms with Crippen LogP contribution >= 0.6 is 0 Å². The molecule has 0 saturated heterocycles. The van der Waals surface area contributed by atoms with Gasteiger partial charge in [0.15, 0.2) is 11.6 Å². The van der Waals surface area contributed by atoms with E-state index in [1.165, 1.54) is 6.07 Å². The summed E-state index contributed by atoms with van der Waals surface area (Å²) in [4.78, 5) is 16.8. The molecular formula is C10H7F2N5O3. The third kappa shape index (κ3) is 2.75. The van der Waals surface area contributed by atoms with E-state index in [0.717, 1.165) is 6.33 Å². The zero-order chi connectivity index (χ0) is 14.7. The van der Waals surface area contributed by atoms with Crippen molar-refractivity contribution in [1.29, 1.82) is 0 Å². The summed E-state index contributed by atoms with van der Waals surface area (Å²) in [6.07, 6.45) is 1.09. The van der Waals surface area contributed by atoms with Gasteiger partial charge in [-0.2, -0.15) is 4.39 Å². The highest BCUT2D eigenvalue weighted by Gasteiger charge is 2.20. The fourth-order valence-electron chi connectivity index (χ4n) is 1.32. The van der Waals surface area contributed by atoms with Crippen molar-refractivity contribution in [2.75, 3.05) is 5.43 Å². The Labute approximate surface area is 110 Å². The van der Waals surface area contributed by atoms with E-state index in [0.29, 0.717) is 12.1 Å². The molecule has 8 nitrogen and oxygen atoms in total. The summed E-state index contributed by atoms with van der Waals surface area (Å²) in [5, 5.41) is 10.4. The van der Waals surface area contributed by atoms with E-state index in [1.807, 2.05) is 0 Å². The molecule has 10 heteroatoms. The Kier molecular flexibility index (Phi) is 3.66. The largest absolute Gasteiger partial charge is 0.436 e. The lowest BCUT2D eigenvalue weighted by Gasteiger charge is -2.07. The van der Waals surface area contributed by atoms with Gasteiger partial charge in [0, 0.05) is 12.1 Å². The van der Waals surface area contributed by atoms with Gasteiger partial charge in [-0.05, 0) is 0 Å². The number of nitrogens with two attached hydrogens (primary N) is 1. The van der Waals surface area contributed by atoms with Gasteiger partial charge in [-0.3, -0.25) is 10.1 Å². The number of hydrazine groups is 1. The zero-order valence-electron chi connectivity index (χ0n) is 9.71. The molecule has 0 aliphatic rings. The van der Waals surface area contributed by atoms with Crippen LogP contribution in [0.3, 0.4) is 0 Å². The number of benzene rings is 1. The normalized spacial score (nSPS) is 10.2. The predicted molar refractivity (Wildman–Crippen MR) is 62.9 cm³/mol. The van der Waals surface area contributed by atoms with Gasteiger partial charge in [0.2, 0.25) is 11.7 Å². The molecule has 3 N–H and O–H groups in total. The monoisotopic (exact) mass is 283 g/mol. The third-order valence-electron chi connectivity index (χ3n) is 2.20. The number of halogens is 2. The van der Waals surface area contributed by atoms with Gasteiger partial charge in [0.05, 0.1) is 11.0 Å². The van der Waals surface area contributed by atoms with E-state index in [4.69, 9.17) is 10.6 Å². The molecular weight excluding hydrogens is 276 g/mol. The van der Waals surface area contributed by atoms with Crippen LogP contribution in [-0.4, -0.2) is 14.9 Å². The van der Waals surface area contributed by atoms with Crippen LogP contribution in [0.4, 0.5) is 20.3 Å². The Morgan fingerprint density at radius 1 is 1.25 bits per heavy atom. The minimum absolute atomic E-state index is 0.111. The lowest BCUT2D eigenvalue weighted by molar-refractivity contribution is -0.387. The van der Waals surface area contributed by atoms with Crippen molar-refractivity contribution in [2.45, 2.75) is 0 Å². The van der Waals surface area contributed by atoms with Crippen LogP contribution in [0.15, 0.2) is 24.5 Å². The standard InChI is InChI=1S/C10H7F2N5O3/c11-5-2-8(6(12)1-7(5)17(18)19)20-10-3-9(16-13)14-4-15-10/h1-4H,13H2,(H,14,15,16). The first-order valence-corrected chi connectivity index (χ1v) is 5.11. The molecule has 0 spiro atoms. The second-order valence-electron chi connectivity index (χ2n) is 3.48. The molecule has 2 aromatic rings. The van der Waals surface area contributed by atoms with Crippen molar-refractivity contribution in [3.63, 3.8) is 0 Å². The number of nitro groups is 1. The predicted octanol–water partition coefficient (Wildman–Crippen LogP) is 1.74. The summed E-state index contributed by atoms with van der Waals surface area (Å²) in [5.41, 5.74) is 1.23. The summed E-state index contributed by atoms with van der Waals surface area (Å²) < 4.78 is 31.9. The molecule has 0 unspecified atom stereocenters. The first-order chi connectivity index (χ1) is 9.51. The van der Waals surface area contributed by atoms with Crippen molar-refractivity contribution in [1.82, 2.24) is 9.97 Å². The molecule has 0 radical (unpaired) electrons. The summed E-state index contributed by atoms with van der Waals surface area (Å²) in [6, 6.07) is 2.22. The Morgan fingerprint density at radius 3 is 2.65 bits per heavy atom. The van der Waals surface area contributed by atoms with Crippen molar-refractivity contribution in [3.8, 4) is 11.6 Å². The van der Waals surface area contributed by atoms with Crippen LogP contribution in [0.25, 0.3) is 0 Å². The fourth-order valence-corrected chi connectivity index (χ4v) is 1.32. The number of ether oxygens (including phenoxy) is 1. The quantitative estimate of drug-likeness (QED) is 0.498. The zero-order valence-corrected chi connectivity index (χ0v) is 9.71. The van der Waals surface area contributed by atoms with Crippen molar-refractivity contribution in [2.24, 2.45) is 5.84 Å². The number of rotatable bonds is 4. The number of nitrogen functional groups attached to an aromatic ring is 1. The summed E-state index contributed by atoms with van der Waals surface area (Å²) >= 11 is 0. The van der Waals surface area contributed by atoms with E-state index in [9.17, 15) is 18.9 Å². The number of anilines is 1. The van der Waals surface area contributed by atoms with E-state index in [1.54, 1.807) is 0 Å². The van der Waals surface area contributed by atoms with Gasteiger partial charge in [0.25, 0.3) is 0 Å². The molecule has 1 heterocycles. The average Bonchev–Trinajstić information content (AvgIpc) is 2.42. The maximum atomic E-state index is 13.6. The Balaban J connectivity index is 2.34. The second kappa shape index (κ2) is 5.40. The van der Waals surface area contributed by atoms with Crippen molar-refractivity contribution in [3.05, 3.63) is 46.3 Å². The van der Waals surface area contributed by atoms with E-state index < -0.39 is 28.0 Å². The molecule has 0 aliphatic heterocycles. The van der Waals surface area contributed by atoms with Crippen LogP contribution < -0.4 is 16.0 Å². The number of hydrogen-bond donors (Lipinski definition) is 2. The maximum Gasteiger partial charge on any atom is 0.307 e. The van der Waals surface area contributed by atoms with E-state index in [-0.39, 0.29) is 11.7 Å². The molecule has 0 bridgehead atoms. The van der Waals surface area contributed by atoms with Gasteiger partial charge < -0.3 is 10.2 Å².